The molecule has 0 bridgehead atoms. The molecule has 0 aliphatic carbocycles. The van der Waals surface area contributed by atoms with Gasteiger partial charge in [0.15, 0.2) is 0 Å². The fourth-order valence-corrected chi connectivity index (χ4v) is 4.23. The first-order valence-corrected chi connectivity index (χ1v) is 11.8. The van der Waals surface area contributed by atoms with E-state index in [9.17, 15) is 4.79 Å². The summed E-state index contributed by atoms with van der Waals surface area (Å²) in [6.07, 6.45) is 12.3. The highest BCUT2D eigenvalue weighted by Crippen LogP contribution is 2.29. The van der Waals surface area contributed by atoms with E-state index < -0.39 is 0 Å². The average Bonchev–Trinajstić information content (AvgIpc) is 2.77. The monoisotopic (exact) mass is 443 g/mol. The molecule has 0 spiro atoms. The van der Waals surface area contributed by atoms with Gasteiger partial charge >= 0.3 is 0 Å². The highest BCUT2D eigenvalue weighted by Gasteiger charge is 2.30. The molecule has 0 aromatic heterocycles. The number of rotatable bonds is 12. The summed E-state index contributed by atoms with van der Waals surface area (Å²) in [6.45, 7) is 13.4. The van der Waals surface area contributed by atoms with Crippen LogP contribution in [0.2, 0.25) is 0 Å². The first kappa shape index (κ1) is 25.4. The van der Waals surface area contributed by atoms with Crippen molar-refractivity contribution in [3.63, 3.8) is 0 Å². The van der Waals surface area contributed by atoms with Gasteiger partial charge in [-0.25, -0.2) is 0 Å². The largest absolute Gasteiger partial charge is 0.493 e. The number of ketones is 1. The number of ether oxygens (including phenoxy) is 1. The van der Waals surface area contributed by atoms with Crippen molar-refractivity contribution in [1.82, 2.24) is 4.90 Å². The van der Waals surface area contributed by atoms with Crippen molar-refractivity contribution in [3.8, 4) is 5.75 Å². The van der Waals surface area contributed by atoms with Gasteiger partial charge in [0.1, 0.15) is 11.5 Å². The summed E-state index contributed by atoms with van der Waals surface area (Å²) in [4.78, 5) is 14.6. The van der Waals surface area contributed by atoms with E-state index in [1.54, 1.807) is 6.08 Å². The van der Waals surface area contributed by atoms with Crippen molar-refractivity contribution in [2.45, 2.75) is 52.9 Å². The summed E-state index contributed by atoms with van der Waals surface area (Å²) in [5, 5.41) is 0.633. The summed E-state index contributed by atoms with van der Waals surface area (Å²) in [5.74, 6) is 2.01. The lowest BCUT2D eigenvalue weighted by Crippen LogP contribution is -2.43. The molecule has 0 saturated carbocycles. The fourth-order valence-electron chi connectivity index (χ4n) is 4.16. The minimum absolute atomic E-state index is 0.247. The van der Waals surface area contributed by atoms with Crippen LogP contribution in [0.3, 0.4) is 0 Å². The molecule has 1 heterocycles. The molecule has 0 atom stereocenters. The molecular weight excluding hydrogens is 406 g/mol. The molecule has 31 heavy (non-hydrogen) atoms. The molecule has 1 aromatic rings. The number of nitrogens with zero attached hydrogens (tertiary/aromatic N) is 1. The Kier molecular flexibility index (Phi) is 10.6. The van der Waals surface area contributed by atoms with E-state index >= 15 is 0 Å². The maximum absolute atomic E-state index is 12.2. The normalized spacial score (nSPS) is 16.6. The zero-order chi connectivity index (χ0) is 22.7. The Hall–Kier alpha value is -1.84. The molecular formula is C27H38ClNO2. The van der Waals surface area contributed by atoms with E-state index in [1.165, 1.54) is 18.4 Å². The minimum Gasteiger partial charge on any atom is -0.493 e. The topological polar surface area (TPSA) is 29.5 Å². The summed E-state index contributed by atoms with van der Waals surface area (Å²) < 4.78 is 6.06. The summed E-state index contributed by atoms with van der Waals surface area (Å²) in [7, 11) is 0. The van der Waals surface area contributed by atoms with Gasteiger partial charge in [-0.15, -0.1) is 0 Å². The first-order valence-electron chi connectivity index (χ1n) is 11.5. The number of hydrogen-bond donors (Lipinski definition) is 0. The number of piperidine rings is 1. The molecule has 1 aliphatic heterocycles. The van der Waals surface area contributed by atoms with Crippen LogP contribution in [0.25, 0.3) is 0 Å². The number of likely N-dealkylation sites (tertiary alicyclic amines) is 1. The number of carbonyl (C=O) groups excluding carboxylic acids is 1. The predicted molar refractivity (Wildman–Crippen MR) is 132 cm³/mol. The smallest absolute Gasteiger partial charge is 0.139 e. The Morgan fingerprint density at radius 1 is 1.29 bits per heavy atom. The van der Waals surface area contributed by atoms with E-state index in [4.69, 9.17) is 16.3 Å². The Morgan fingerprint density at radius 2 is 2.00 bits per heavy atom. The van der Waals surface area contributed by atoms with Gasteiger partial charge in [0.05, 0.1) is 6.61 Å². The van der Waals surface area contributed by atoms with Crippen molar-refractivity contribution >= 4 is 17.4 Å². The van der Waals surface area contributed by atoms with Gasteiger partial charge in [0, 0.05) is 23.4 Å². The lowest BCUT2D eigenvalue weighted by molar-refractivity contribution is -0.128. The molecule has 1 saturated heterocycles. The standard InChI is InChI=1S/C27H38ClNO2/c1-5-24(28)13-8-7-11-19-31-25-14-10-9-12-23(25)20-22-15-17-29(18-16-22)21-27(3,4)26(30)6-2/h5,7-10,12-14,22H,1,6,11,15-21H2,2-4H3/b8-7-,24-13+. The zero-order valence-electron chi connectivity index (χ0n) is 19.4. The number of hydrogen-bond acceptors (Lipinski definition) is 3. The second-order valence-corrected chi connectivity index (χ2v) is 9.45. The number of carbonyl (C=O) groups is 1. The predicted octanol–water partition coefficient (Wildman–Crippen LogP) is 6.58. The van der Waals surface area contributed by atoms with E-state index in [2.05, 4.69) is 49.6 Å². The molecule has 0 unspecified atom stereocenters. The quantitative estimate of drug-likeness (QED) is 0.270. The van der Waals surface area contributed by atoms with Crippen LogP contribution >= 0.6 is 11.6 Å². The number of para-hydroxylation sites is 1. The van der Waals surface area contributed by atoms with Crippen LogP contribution in [0, 0.1) is 11.3 Å². The van der Waals surface area contributed by atoms with E-state index in [0.29, 0.717) is 29.8 Å². The van der Waals surface area contributed by atoms with Crippen LogP contribution in [0.1, 0.15) is 52.0 Å². The second-order valence-electron chi connectivity index (χ2n) is 9.01. The third kappa shape index (κ3) is 8.66. The van der Waals surface area contributed by atoms with Crippen LogP contribution in [-0.4, -0.2) is 36.9 Å². The number of allylic oxidation sites excluding steroid dienone is 4. The molecule has 4 heteroatoms. The Labute approximate surface area is 193 Å². The Morgan fingerprint density at radius 3 is 2.68 bits per heavy atom. The fraction of sp³-hybridized carbons (Fsp3) is 0.519. The summed E-state index contributed by atoms with van der Waals surface area (Å²) >= 11 is 5.89. The molecule has 1 fully saturated rings. The highest BCUT2D eigenvalue weighted by atomic mass is 35.5. The van der Waals surface area contributed by atoms with Crippen LogP contribution < -0.4 is 4.74 Å². The maximum Gasteiger partial charge on any atom is 0.139 e. The van der Waals surface area contributed by atoms with Gasteiger partial charge in [0.25, 0.3) is 0 Å². The molecule has 2 rings (SSSR count). The molecule has 1 aromatic carbocycles. The zero-order valence-corrected chi connectivity index (χ0v) is 20.2. The number of halogens is 1. The highest BCUT2D eigenvalue weighted by molar-refractivity contribution is 6.31. The number of benzene rings is 1. The average molecular weight is 444 g/mol. The van der Waals surface area contributed by atoms with E-state index in [1.807, 2.05) is 25.1 Å². The first-order chi connectivity index (χ1) is 14.9. The van der Waals surface area contributed by atoms with Gasteiger partial charge in [0.2, 0.25) is 0 Å². The molecule has 0 amide bonds. The lowest BCUT2D eigenvalue weighted by atomic mass is 9.84. The SMILES string of the molecule is C=C/C(Cl)=C\C=C/CCOc1ccccc1CC1CCN(CC(C)(C)C(=O)CC)CC1. The van der Waals surface area contributed by atoms with Crippen molar-refractivity contribution in [3.05, 3.63) is 65.7 Å². The van der Waals surface area contributed by atoms with Crippen molar-refractivity contribution in [2.24, 2.45) is 11.3 Å². The maximum atomic E-state index is 12.2. The third-order valence-electron chi connectivity index (χ3n) is 6.01. The van der Waals surface area contributed by atoms with Crippen LogP contribution in [0.5, 0.6) is 5.75 Å². The molecule has 3 nitrogen and oxygen atoms in total. The van der Waals surface area contributed by atoms with E-state index in [-0.39, 0.29) is 5.41 Å². The summed E-state index contributed by atoms with van der Waals surface area (Å²) in [6, 6.07) is 8.39. The van der Waals surface area contributed by atoms with Gasteiger partial charge in [-0.2, -0.15) is 0 Å². The van der Waals surface area contributed by atoms with Crippen LogP contribution in [0.4, 0.5) is 0 Å². The van der Waals surface area contributed by atoms with Crippen LogP contribution in [0.15, 0.2) is 60.2 Å². The van der Waals surface area contributed by atoms with Crippen LogP contribution in [-0.2, 0) is 11.2 Å². The Bertz CT molecular complexity index is 773. The summed E-state index contributed by atoms with van der Waals surface area (Å²) in [5.41, 5.74) is 1.05. The molecule has 0 N–H and O–H groups in total. The minimum atomic E-state index is -0.247. The van der Waals surface area contributed by atoms with Gasteiger partial charge < -0.3 is 9.64 Å². The van der Waals surface area contributed by atoms with E-state index in [0.717, 1.165) is 38.2 Å². The Balaban J connectivity index is 1.81. The molecule has 0 radical (unpaired) electrons. The van der Waals surface area contributed by atoms with Crippen molar-refractivity contribution in [1.29, 1.82) is 0 Å². The molecule has 170 valence electrons. The lowest BCUT2D eigenvalue weighted by Gasteiger charge is -2.36. The molecule has 1 aliphatic rings. The van der Waals surface area contributed by atoms with Crippen molar-refractivity contribution in [2.75, 3.05) is 26.2 Å². The number of Topliss-reactive ketones (excluding diaryl/α,β-unsaturated/α-hetero) is 1. The van der Waals surface area contributed by atoms with Crippen molar-refractivity contribution < 1.29 is 9.53 Å². The second kappa shape index (κ2) is 12.9. The third-order valence-corrected chi connectivity index (χ3v) is 6.29. The van der Waals surface area contributed by atoms with Gasteiger partial charge in [-0.1, -0.05) is 75.4 Å². The van der Waals surface area contributed by atoms with Gasteiger partial charge in [-0.05, 0) is 62.4 Å². The van der Waals surface area contributed by atoms with Gasteiger partial charge in [-0.3, -0.25) is 4.79 Å².